The highest BCUT2D eigenvalue weighted by Crippen LogP contribution is 2.48. The smallest absolute Gasteiger partial charge is 0.225 e. The normalized spacial score (nSPS) is 25.8. The molecule has 2 saturated carbocycles. The maximum Gasteiger partial charge on any atom is 0.225 e. The number of nitrogens with zero attached hydrogens (tertiary/aromatic N) is 1. The van der Waals surface area contributed by atoms with E-state index in [-0.39, 0.29) is 0 Å². The second-order valence-corrected chi connectivity index (χ2v) is 5.66. The van der Waals surface area contributed by atoms with Crippen LogP contribution in [0.5, 0.6) is 0 Å². The molecule has 18 heavy (non-hydrogen) atoms. The zero-order chi connectivity index (χ0) is 12.5. The minimum atomic E-state index is 0.360. The first-order chi connectivity index (χ1) is 8.79. The molecule has 2 heteroatoms. The van der Waals surface area contributed by atoms with Gasteiger partial charge in [0, 0.05) is 19.0 Å². The number of rotatable bonds is 5. The number of carbonyl (C=O) groups is 1. The van der Waals surface area contributed by atoms with Gasteiger partial charge in [0.2, 0.25) is 5.91 Å². The highest BCUT2D eigenvalue weighted by atomic mass is 16.2. The van der Waals surface area contributed by atoms with Crippen LogP contribution in [0, 0.1) is 11.8 Å². The molecule has 2 atom stereocenters. The van der Waals surface area contributed by atoms with Gasteiger partial charge in [-0.25, -0.2) is 0 Å². The molecule has 0 heterocycles. The van der Waals surface area contributed by atoms with Crippen LogP contribution >= 0.6 is 0 Å². The fourth-order valence-electron chi connectivity index (χ4n) is 2.80. The van der Waals surface area contributed by atoms with Gasteiger partial charge >= 0.3 is 0 Å². The Hall–Kier alpha value is -1.31. The van der Waals surface area contributed by atoms with E-state index in [0.717, 1.165) is 25.9 Å². The number of benzene rings is 1. The molecule has 0 bridgehead atoms. The standard InChI is InChI=1S/C16H21NO/c1-2-17(16(18)13-8-9-13)11-14-10-15(14)12-6-4-3-5-7-12/h3-7,13-15H,2,8-11H2,1H3. The molecule has 0 N–H and O–H groups in total. The number of amides is 1. The van der Waals surface area contributed by atoms with Crippen molar-refractivity contribution < 1.29 is 4.79 Å². The minimum Gasteiger partial charge on any atom is -0.342 e. The molecule has 2 unspecified atom stereocenters. The molecule has 0 saturated heterocycles. The van der Waals surface area contributed by atoms with E-state index in [4.69, 9.17) is 0 Å². The summed E-state index contributed by atoms with van der Waals surface area (Å²) in [4.78, 5) is 14.1. The van der Waals surface area contributed by atoms with Gasteiger partial charge in [-0.2, -0.15) is 0 Å². The Labute approximate surface area is 109 Å². The summed E-state index contributed by atoms with van der Waals surface area (Å²) in [5.74, 6) is 2.14. The molecule has 0 aliphatic heterocycles. The van der Waals surface area contributed by atoms with E-state index < -0.39 is 0 Å². The first-order valence-electron chi connectivity index (χ1n) is 7.13. The predicted molar refractivity (Wildman–Crippen MR) is 72.3 cm³/mol. The van der Waals surface area contributed by atoms with Crippen molar-refractivity contribution in [3.8, 4) is 0 Å². The highest BCUT2D eigenvalue weighted by molar-refractivity contribution is 5.81. The van der Waals surface area contributed by atoms with Crippen LogP contribution in [0.2, 0.25) is 0 Å². The van der Waals surface area contributed by atoms with Gasteiger partial charge in [0.1, 0.15) is 0 Å². The molecular formula is C16H21NO. The maximum atomic E-state index is 12.1. The van der Waals surface area contributed by atoms with Crippen molar-refractivity contribution in [2.45, 2.75) is 32.1 Å². The second kappa shape index (κ2) is 4.75. The number of hydrogen-bond acceptors (Lipinski definition) is 1. The van der Waals surface area contributed by atoms with Crippen molar-refractivity contribution in [3.63, 3.8) is 0 Å². The van der Waals surface area contributed by atoms with Gasteiger partial charge in [0.15, 0.2) is 0 Å². The van der Waals surface area contributed by atoms with Gasteiger partial charge in [-0.3, -0.25) is 4.79 Å². The van der Waals surface area contributed by atoms with E-state index >= 15 is 0 Å². The van der Waals surface area contributed by atoms with Crippen LogP contribution in [0.25, 0.3) is 0 Å². The van der Waals surface area contributed by atoms with E-state index in [2.05, 4.69) is 42.2 Å². The van der Waals surface area contributed by atoms with Gasteiger partial charge in [0.05, 0.1) is 0 Å². The lowest BCUT2D eigenvalue weighted by Gasteiger charge is -2.20. The summed E-state index contributed by atoms with van der Waals surface area (Å²) >= 11 is 0. The average Bonchev–Trinajstić information content (AvgIpc) is 3.29. The van der Waals surface area contributed by atoms with E-state index in [1.165, 1.54) is 12.0 Å². The van der Waals surface area contributed by atoms with Crippen molar-refractivity contribution in [3.05, 3.63) is 35.9 Å². The number of hydrogen-bond donors (Lipinski definition) is 0. The SMILES string of the molecule is CCN(CC1CC1c1ccccc1)C(=O)C1CC1. The molecule has 2 nitrogen and oxygen atoms in total. The Morgan fingerprint density at radius 2 is 2.00 bits per heavy atom. The Balaban J connectivity index is 1.56. The lowest BCUT2D eigenvalue weighted by molar-refractivity contribution is -0.132. The average molecular weight is 243 g/mol. The summed E-state index contributed by atoms with van der Waals surface area (Å²) in [7, 11) is 0. The zero-order valence-electron chi connectivity index (χ0n) is 11.0. The van der Waals surface area contributed by atoms with E-state index in [1.54, 1.807) is 0 Å². The Morgan fingerprint density at radius 3 is 2.61 bits per heavy atom. The zero-order valence-corrected chi connectivity index (χ0v) is 11.0. The van der Waals surface area contributed by atoms with Crippen LogP contribution in [0.4, 0.5) is 0 Å². The number of carbonyl (C=O) groups excluding carboxylic acids is 1. The summed E-state index contributed by atoms with van der Waals surface area (Å²) in [5.41, 5.74) is 1.44. The molecule has 2 aliphatic rings. The third-order valence-corrected chi connectivity index (χ3v) is 4.23. The largest absolute Gasteiger partial charge is 0.342 e. The third-order valence-electron chi connectivity index (χ3n) is 4.23. The first kappa shape index (κ1) is 11.8. The molecule has 0 aromatic heterocycles. The van der Waals surface area contributed by atoms with Crippen LogP contribution in [-0.2, 0) is 4.79 Å². The molecule has 1 amide bonds. The lowest BCUT2D eigenvalue weighted by atomic mass is 10.1. The van der Waals surface area contributed by atoms with Crippen LogP contribution < -0.4 is 0 Å². The molecule has 1 aromatic rings. The van der Waals surface area contributed by atoms with E-state index in [1.807, 2.05) is 0 Å². The van der Waals surface area contributed by atoms with Crippen molar-refractivity contribution in [1.29, 1.82) is 0 Å². The summed E-state index contributed by atoms with van der Waals surface area (Å²) in [5, 5.41) is 0. The fraction of sp³-hybridized carbons (Fsp3) is 0.562. The molecule has 2 aliphatic carbocycles. The van der Waals surface area contributed by atoms with Gasteiger partial charge in [-0.05, 0) is 43.6 Å². The molecule has 2 fully saturated rings. The van der Waals surface area contributed by atoms with Crippen molar-refractivity contribution >= 4 is 5.91 Å². The molecular weight excluding hydrogens is 222 g/mol. The Kier molecular flexibility index (Phi) is 3.11. The fourth-order valence-corrected chi connectivity index (χ4v) is 2.80. The first-order valence-corrected chi connectivity index (χ1v) is 7.13. The molecule has 96 valence electrons. The van der Waals surface area contributed by atoms with Crippen LogP contribution in [0.1, 0.15) is 37.7 Å². The van der Waals surface area contributed by atoms with Crippen LogP contribution in [-0.4, -0.2) is 23.9 Å². The third kappa shape index (κ3) is 2.43. The van der Waals surface area contributed by atoms with Crippen molar-refractivity contribution in [2.24, 2.45) is 11.8 Å². The lowest BCUT2D eigenvalue weighted by Crippen LogP contribution is -2.34. The van der Waals surface area contributed by atoms with Crippen molar-refractivity contribution in [2.75, 3.05) is 13.1 Å². The Bertz CT molecular complexity index is 424. The Morgan fingerprint density at radius 1 is 1.28 bits per heavy atom. The van der Waals surface area contributed by atoms with Gasteiger partial charge in [0.25, 0.3) is 0 Å². The maximum absolute atomic E-state index is 12.1. The highest BCUT2D eigenvalue weighted by Gasteiger charge is 2.41. The van der Waals surface area contributed by atoms with Gasteiger partial charge in [-0.1, -0.05) is 30.3 Å². The summed E-state index contributed by atoms with van der Waals surface area (Å²) in [6.45, 7) is 3.93. The molecule has 0 radical (unpaired) electrons. The van der Waals surface area contributed by atoms with Gasteiger partial charge in [-0.15, -0.1) is 0 Å². The molecule has 1 aromatic carbocycles. The monoisotopic (exact) mass is 243 g/mol. The molecule has 0 spiro atoms. The van der Waals surface area contributed by atoms with Crippen molar-refractivity contribution in [1.82, 2.24) is 4.90 Å². The van der Waals surface area contributed by atoms with E-state index in [9.17, 15) is 4.79 Å². The quantitative estimate of drug-likeness (QED) is 0.778. The second-order valence-electron chi connectivity index (χ2n) is 5.66. The van der Waals surface area contributed by atoms with Gasteiger partial charge < -0.3 is 4.90 Å². The topological polar surface area (TPSA) is 20.3 Å². The summed E-state index contributed by atoms with van der Waals surface area (Å²) in [6, 6.07) is 10.7. The van der Waals surface area contributed by atoms with E-state index in [0.29, 0.717) is 23.7 Å². The summed E-state index contributed by atoms with van der Waals surface area (Å²) < 4.78 is 0. The predicted octanol–water partition coefficient (Wildman–Crippen LogP) is 3.05. The van der Waals surface area contributed by atoms with Crippen LogP contribution in [0.15, 0.2) is 30.3 Å². The molecule has 3 rings (SSSR count). The minimum absolute atomic E-state index is 0.360. The summed E-state index contributed by atoms with van der Waals surface area (Å²) in [6.07, 6.45) is 3.47. The van der Waals surface area contributed by atoms with Crippen LogP contribution in [0.3, 0.4) is 0 Å².